The lowest BCUT2D eigenvalue weighted by molar-refractivity contribution is 0.140. The first kappa shape index (κ1) is 16.4. The summed E-state index contributed by atoms with van der Waals surface area (Å²) in [6.45, 7) is 14.3. The number of nitrogens with zero attached hydrogens (tertiary/aromatic N) is 4. The molecule has 1 aromatic rings. The van der Waals surface area contributed by atoms with E-state index in [-0.39, 0.29) is 0 Å². The van der Waals surface area contributed by atoms with Crippen LogP contribution in [0.3, 0.4) is 0 Å². The van der Waals surface area contributed by atoms with Crippen LogP contribution < -0.4 is 5.32 Å². The summed E-state index contributed by atoms with van der Waals surface area (Å²) in [5.74, 6) is 2.47. The van der Waals surface area contributed by atoms with E-state index in [9.17, 15) is 0 Å². The molecular weight excluding hydrogens is 262 g/mol. The van der Waals surface area contributed by atoms with Crippen LogP contribution in [-0.2, 0) is 13.1 Å². The molecule has 2 unspecified atom stereocenters. The van der Waals surface area contributed by atoms with Gasteiger partial charge in [-0.05, 0) is 44.7 Å². The first-order valence-electron chi connectivity index (χ1n) is 8.42. The van der Waals surface area contributed by atoms with Crippen LogP contribution in [0.15, 0.2) is 6.33 Å². The second-order valence-corrected chi connectivity index (χ2v) is 6.74. The molecule has 0 spiro atoms. The molecule has 1 aromatic heterocycles. The van der Waals surface area contributed by atoms with Crippen molar-refractivity contribution in [3.05, 3.63) is 12.2 Å². The van der Waals surface area contributed by atoms with Crippen molar-refractivity contribution in [2.75, 3.05) is 19.6 Å². The third kappa shape index (κ3) is 4.78. The Morgan fingerprint density at radius 1 is 1.38 bits per heavy atom. The zero-order valence-corrected chi connectivity index (χ0v) is 14.0. The highest BCUT2D eigenvalue weighted by atomic mass is 15.3. The van der Waals surface area contributed by atoms with Gasteiger partial charge in [-0.2, -0.15) is 5.10 Å². The van der Waals surface area contributed by atoms with Crippen LogP contribution in [0.5, 0.6) is 0 Å². The number of nitrogens with one attached hydrogen (secondary N) is 1. The SMILES string of the molecule is CCNC(C)C1CCCN(Cc2ncnn2CC(C)C)C1. The summed E-state index contributed by atoms with van der Waals surface area (Å²) in [6.07, 6.45) is 4.32. The predicted molar refractivity (Wildman–Crippen MR) is 86.0 cm³/mol. The molecule has 1 aliphatic heterocycles. The molecule has 0 amide bonds. The highest BCUT2D eigenvalue weighted by molar-refractivity contribution is 4.88. The van der Waals surface area contributed by atoms with Gasteiger partial charge in [0, 0.05) is 19.1 Å². The van der Waals surface area contributed by atoms with Gasteiger partial charge in [0.15, 0.2) is 0 Å². The summed E-state index contributed by atoms with van der Waals surface area (Å²) in [4.78, 5) is 7.01. The van der Waals surface area contributed by atoms with E-state index >= 15 is 0 Å². The molecule has 1 fully saturated rings. The van der Waals surface area contributed by atoms with Gasteiger partial charge in [-0.25, -0.2) is 9.67 Å². The maximum atomic E-state index is 4.46. The van der Waals surface area contributed by atoms with E-state index in [0.29, 0.717) is 12.0 Å². The molecule has 21 heavy (non-hydrogen) atoms. The van der Waals surface area contributed by atoms with E-state index < -0.39 is 0 Å². The van der Waals surface area contributed by atoms with Crippen LogP contribution in [0.25, 0.3) is 0 Å². The van der Waals surface area contributed by atoms with Crippen molar-refractivity contribution in [2.24, 2.45) is 11.8 Å². The molecule has 0 saturated carbocycles. The molecule has 2 atom stereocenters. The van der Waals surface area contributed by atoms with Crippen LogP contribution in [0.2, 0.25) is 0 Å². The third-order valence-electron chi connectivity index (χ3n) is 4.37. The zero-order chi connectivity index (χ0) is 15.2. The Balaban J connectivity index is 1.92. The monoisotopic (exact) mass is 293 g/mol. The normalized spacial score (nSPS) is 21.9. The molecule has 2 rings (SSSR count). The van der Waals surface area contributed by atoms with E-state index in [1.807, 2.05) is 0 Å². The van der Waals surface area contributed by atoms with E-state index in [4.69, 9.17) is 0 Å². The highest BCUT2D eigenvalue weighted by Gasteiger charge is 2.25. The molecule has 0 bridgehead atoms. The fourth-order valence-corrected chi connectivity index (χ4v) is 3.24. The number of likely N-dealkylation sites (tertiary alicyclic amines) is 1. The third-order valence-corrected chi connectivity index (χ3v) is 4.37. The lowest BCUT2D eigenvalue weighted by Crippen LogP contribution is -2.44. The number of hydrogen-bond acceptors (Lipinski definition) is 4. The maximum Gasteiger partial charge on any atom is 0.141 e. The maximum absolute atomic E-state index is 4.46. The van der Waals surface area contributed by atoms with Crippen molar-refractivity contribution in [3.8, 4) is 0 Å². The summed E-state index contributed by atoms with van der Waals surface area (Å²) in [5, 5.41) is 7.94. The van der Waals surface area contributed by atoms with Crippen LogP contribution in [0, 0.1) is 11.8 Å². The lowest BCUT2D eigenvalue weighted by Gasteiger charge is -2.35. The number of hydrogen-bond donors (Lipinski definition) is 1. The molecular formula is C16H31N5. The van der Waals surface area contributed by atoms with Crippen LogP contribution >= 0.6 is 0 Å². The topological polar surface area (TPSA) is 46.0 Å². The van der Waals surface area contributed by atoms with Gasteiger partial charge in [0.05, 0.1) is 6.54 Å². The standard InChI is InChI=1S/C16H31N5/c1-5-17-14(4)15-7-6-8-20(10-15)11-16-18-12-19-21(16)9-13(2)3/h12-15,17H,5-11H2,1-4H3. The molecule has 2 heterocycles. The molecule has 0 aromatic carbocycles. The van der Waals surface area contributed by atoms with E-state index in [2.05, 4.69) is 52.7 Å². The highest BCUT2D eigenvalue weighted by Crippen LogP contribution is 2.21. The van der Waals surface area contributed by atoms with Gasteiger partial charge < -0.3 is 5.32 Å². The zero-order valence-electron chi connectivity index (χ0n) is 14.0. The number of rotatable bonds is 7. The Labute approximate surface area is 129 Å². The predicted octanol–water partition coefficient (Wildman–Crippen LogP) is 2.14. The molecule has 120 valence electrons. The fraction of sp³-hybridized carbons (Fsp3) is 0.875. The van der Waals surface area contributed by atoms with Gasteiger partial charge in [-0.1, -0.05) is 20.8 Å². The van der Waals surface area contributed by atoms with E-state index in [0.717, 1.165) is 31.4 Å². The van der Waals surface area contributed by atoms with Gasteiger partial charge in [0.2, 0.25) is 0 Å². The van der Waals surface area contributed by atoms with Gasteiger partial charge >= 0.3 is 0 Å². The minimum Gasteiger partial charge on any atom is -0.314 e. The van der Waals surface area contributed by atoms with Gasteiger partial charge in [0.25, 0.3) is 0 Å². The molecule has 5 nitrogen and oxygen atoms in total. The van der Waals surface area contributed by atoms with Crippen LogP contribution in [0.1, 0.15) is 46.4 Å². The van der Waals surface area contributed by atoms with Crippen molar-refractivity contribution < 1.29 is 0 Å². The Hall–Kier alpha value is -0.940. The Morgan fingerprint density at radius 2 is 2.19 bits per heavy atom. The Kier molecular flexibility index (Phi) is 6.18. The minimum absolute atomic E-state index is 0.603. The van der Waals surface area contributed by atoms with Crippen molar-refractivity contribution in [1.29, 1.82) is 0 Å². The van der Waals surface area contributed by atoms with Crippen molar-refractivity contribution in [1.82, 2.24) is 25.0 Å². The quantitative estimate of drug-likeness (QED) is 0.837. The molecule has 5 heteroatoms. The number of piperidine rings is 1. The van der Waals surface area contributed by atoms with E-state index in [1.54, 1.807) is 6.33 Å². The average molecular weight is 293 g/mol. The van der Waals surface area contributed by atoms with Crippen LogP contribution in [-0.4, -0.2) is 45.3 Å². The van der Waals surface area contributed by atoms with Crippen molar-refractivity contribution in [2.45, 2.75) is 59.7 Å². The molecule has 1 aliphatic rings. The molecule has 1 saturated heterocycles. The van der Waals surface area contributed by atoms with Gasteiger partial charge in [0.1, 0.15) is 12.2 Å². The smallest absolute Gasteiger partial charge is 0.141 e. The average Bonchev–Trinajstić information content (AvgIpc) is 2.86. The lowest BCUT2D eigenvalue weighted by atomic mass is 9.91. The van der Waals surface area contributed by atoms with Gasteiger partial charge in [-0.3, -0.25) is 4.90 Å². The first-order chi connectivity index (χ1) is 10.1. The molecule has 0 radical (unpaired) electrons. The second-order valence-electron chi connectivity index (χ2n) is 6.74. The van der Waals surface area contributed by atoms with Gasteiger partial charge in [-0.15, -0.1) is 0 Å². The number of aromatic nitrogens is 3. The molecule has 0 aliphatic carbocycles. The summed E-state index contributed by atoms with van der Waals surface area (Å²) in [5.41, 5.74) is 0. The summed E-state index contributed by atoms with van der Waals surface area (Å²) < 4.78 is 2.07. The second kappa shape index (κ2) is 7.90. The summed E-state index contributed by atoms with van der Waals surface area (Å²) in [7, 11) is 0. The fourth-order valence-electron chi connectivity index (χ4n) is 3.24. The Morgan fingerprint density at radius 3 is 2.90 bits per heavy atom. The first-order valence-corrected chi connectivity index (χ1v) is 8.42. The largest absolute Gasteiger partial charge is 0.314 e. The molecule has 1 N–H and O–H groups in total. The van der Waals surface area contributed by atoms with E-state index in [1.165, 1.54) is 25.9 Å². The van der Waals surface area contributed by atoms with Crippen LogP contribution in [0.4, 0.5) is 0 Å². The minimum atomic E-state index is 0.603. The summed E-state index contributed by atoms with van der Waals surface area (Å²) in [6, 6.07) is 0.603. The Bertz CT molecular complexity index is 415. The summed E-state index contributed by atoms with van der Waals surface area (Å²) >= 11 is 0. The van der Waals surface area contributed by atoms with Crippen molar-refractivity contribution in [3.63, 3.8) is 0 Å². The van der Waals surface area contributed by atoms with Crippen molar-refractivity contribution >= 4 is 0 Å².